The number of imidazole rings is 1. The summed E-state index contributed by atoms with van der Waals surface area (Å²) in [5.41, 5.74) is 0.183. The van der Waals surface area contributed by atoms with Gasteiger partial charge in [-0.25, -0.2) is 13.8 Å². The largest absolute Gasteiger partial charge is 0.468 e. The number of rotatable bonds is 7. The van der Waals surface area contributed by atoms with Crippen molar-refractivity contribution < 1.29 is 22.3 Å². The van der Waals surface area contributed by atoms with E-state index in [1.165, 1.54) is 10.6 Å². The lowest BCUT2D eigenvalue weighted by Gasteiger charge is -2.16. The molecule has 116 valence electrons. The Kier molecular flexibility index (Phi) is 4.49. The summed E-state index contributed by atoms with van der Waals surface area (Å²) in [6, 6.07) is 0. The summed E-state index contributed by atoms with van der Waals surface area (Å²) in [6.07, 6.45) is 1.65. The maximum atomic E-state index is 12.9. The zero-order valence-corrected chi connectivity index (χ0v) is 11.2. The third-order valence-electron chi connectivity index (χ3n) is 2.62. The van der Waals surface area contributed by atoms with Crippen molar-refractivity contribution in [3.8, 4) is 5.88 Å². The maximum Gasteiger partial charge on any atom is 0.340 e. The molecule has 1 N–H and O–H groups in total. The van der Waals surface area contributed by atoms with Crippen molar-refractivity contribution in [1.29, 1.82) is 0 Å². The fourth-order valence-electron chi connectivity index (χ4n) is 1.57. The number of ether oxygens (including phenoxy) is 1. The van der Waals surface area contributed by atoms with Gasteiger partial charge in [-0.05, 0) is 6.42 Å². The summed E-state index contributed by atoms with van der Waals surface area (Å²) >= 11 is 0. The van der Waals surface area contributed by atoms with E-state index in [4.69, 9.17) is 4.74 Å². The Bertz CT molecular complexity index is 602. The molecule has 0 aliphatic heterocycles. The van der Waals surface area contributed by atoms with Crippen molar-refractivity contribution in [1.82, 2.24) is 14.4 Å². The molecule has 0 bridgehead atoms. The third-order valence-corrected chi connectivity index (χ3v) is 2.62. The highest BCUT2D eigenvalue weighted by Gasteiger charge is 2.42. The Morgan fingerprint density at radius 1 is 1.43 bits per heavy atom. The molecule has 0 aliphatic carbocycles. The van der Waals surface area contributed by atoms with Crippen LogP contribution in [0.25, 0.3) is 5.65 Å². The van der Waals surface area contributed by atoms with Gasteiger partial charge in [-0.15, -0.1) is 0 Å². The molecule has 0 spiro atoms. The second-order valence-corrected chi connectivity index (χ2v) is 4.37. The SMILES string of the molecule is CCCNc1cn2ccnc2c(OCC(F)(F)C(F)F)n1. The van der Waals surface area contributed by atoms with Crippen LogP contribution in [0.3, 0.4) is 0 Å². The predicted octanol–water partition coefficient (Wildman–Crippen LogP) is 2.83. The number of hydrogen-bond acceptors (Lipinski definition) is 4. The molecular formula is C12H14F4N4O. The van der Waals surface area contributed by atoms with Crippen LogP contribution in [0, 0.1) is 0 Å². The Morgan fingerprint density at radius 2 is 2.19 bits per heavy atom. The standard InChI is InChI=1S/C12H14F4N4O/c1-2-3-17-8-6-20-5-4-18-9(20)10(19-8)21-7-12(15,16)11(13)14/h4-6,11,17H,2-3,7H2,1H3. The van der Waals surface area contributed by atoms with E-state index in [1.807, 2.05) is 6.92 Å². The van der Waals surface area contributed by atoms with Gasteiger partial charge in [0.2, 0.25) is 5.65 Å². The van der Waals surface area contributed by atoms with Crippen LogP contribution >= 0.6 is 0 Å². The predicted molar refractivity (Wildman–Crippen MR) is 68.2 cm³/mol. The molecule has 0 unspecified atom stereocenters. The number of anilines is 1. The Balaban J connectivity index is 2.22. The van der Waals surface area contributed by atoms with Crippen LogP contribution in [-0.2, 0) is 0 Å². The van der Waals surface area contributed by atoms with E-state index in [-0.39, 0.29) is 11.5 Å². The third kappa shape index (κ3) is 3.53. The minimum Gasteiger partial charge on any atom is -0.468 e. The van der Waals surface area contributed by atoms with Gasteiger partial charge in [0.05, 0.1) is 6.20 Å². The number of halogens is 4. The molecule has 0 saturated heterocycles. The Labute approximate surface area is 118 Å². The van der Waals surface area contributed by atoms with Gasteiger partial charge in [0.15, 0.2) is 6.61 Å². The minimum absolute atomic E-state index is 0.183. The van der Waals surface area contributed by atoms with Crippen LogP contribution in [0.5, 0.6) is 5.88 Å². The first-order valence-corrected chi connectivity index (χ1v) is 6.30. The van der Waals surface area contributed by atoms with Crippen molar-refractivity contribution in [2.45, 2.75) is 25.7 Å². The molecule has 0 aromatic carbocycles. The monoisotopic (exact) mass is 306 g/mol. The molecule has 2 heterocycles. The van der Waals surface area contributed by atoms with Crippen LogP contribution in [-0.4, -0.2) is 39.9 Å². The van der Waals surface area contributed by atoms with Crippen molar-refractivity contribution >= 4 is 11.5 Å². The molecule has 9 heteroatoms. The molecule has 5 nitrogen and oxygen atoms in total. The molecule has 0 amide bonds. The van der Waals surface area contributed by atoms with E-state index in [9.17, 15) is 17.6 Å². The molecular weight excluding hydrogens is 292 g/mol. The van der Waals surface area contributed by atoms with Gasteiger partial charge >= 0.3 is 12.3 Å². The summed E-state index contributed by atoms with van der Waals surface area (Å²) in [6.45, 7) is 1.11. The number of alkyl halides is 4. The van der Waals surface area contributed by atoms with E-state index in [0.29, 0.717) is 12.4 Å². The van der Waals surface area contributed by atoms with E-state index < -0.39 is 19.0 Å². The summed E-state index contributed by atoms with van der Waals surface area (Å²) in [7, 11) is 0. The van der Waals surface area contributed by atoms with E-state index in [1.54, 1.807) is 12.4 Å². The number of fused-ring (bicyclic) bond motifs is 1. The maximum absolute atomic E-state index is 12.9. The molecule has 2 aromatic heterocycles. The highest BCUT2D eigenvalue weighted by molar-refractivity contribution is 5.53. The quantitative estimate of drug-likeness (QED) is 0.799. The number of nitrogens with one attached hydrogen (secondary N) is 1. The molecule has 2 aromatic rings. The van der Waals surface area contributed by atoms with E-state index >= 15 is 0 Å². The van der Waals surface area contributed by atoms with Gasteiger partial charge in [0.25, 0.3) is 5.88 Å². The first-order valence-electron chi connectivity index (χ1n) is 6.30. The fraction of sp³-hybridized carbons (Fsp3) is 0.500. The normalized spacial score (nSPS) is 12.1. The van der Waals surface area contributed by atoms with Crippen LogP contribution in [0.15, 0.2) is 18.6 Å². The Hall–Kier alpha value is -2.06. The summed E-state index contributed by atoms with van der Waals surface area (Å²) < 4.78 is 56.4. The lowest BCUT2D eigenvalue weighted by atomic mass is 10.4. The summed E-state index contributed by atoms with van der Waals surface area (Å²) in [5, 5.41) is 2.96. The lowest BCUT2D eigenvalue weighted by molar-refractivity contribution is -0.148. The van der Waals surface area contributed by atoms with Crippen molar-refractivity contribution in [3.63, 3.8) is 0 Å². The van der Waals surface area contributed by atoms with E-state index in [0.717, 1.165) is 6.42 Å². The second kappa shape index (κ2) is 6.15. The smallest absolute Gasteiger partial charge is 0.340 e. The van der Waals surface area contributed by atoms with Gasteiger partial charge in [0.1, 0.15) is 5.82 Å². The average molecular weight is 306 g/mol. The van der Waals surface area contributed by atoms with Crippen LogP contribution in [0.1, 0.15) is 13.3 Å². The molecule has 0 saturated carbocycles. The zero-order chi connectivity index (χ0) is 15.5. The van der Waals surface area contributed by atoms with Crippen molar-refractivity contribution in [3.05, 3.63) is 18.6 Å². The van der Waals surface area contributed by atoms with Crippen LogP contribution in [0.2, 0.25) is 0 Å². The van der Waals surface area contributed by atoms with Gasteiger partial charge in [0, 0.05) is 18.9 Å². The van der Waals surface area contributed by atoms with Crippen molar-refractivity contribution in [2.75, 3.05) is 18.5 Å². The van der Waals surface area contributed by atoms with Crippen molar-refractivity contribution in [2.24, 2.45) is 0 Å². The van der Waals surface area contributed by atoms with Gasteiger partial charge < -0.3 is 10.1 Å². The zero-order valence-electron chi connectivity index (χ0n) is 11.2. The summed E-state index contributed by atoms with van der Waals surface area (Å²) in [5.74, 6) is -4.07. The average Bonchev–Trinajstić information content (AvgIpc) is 2.90. The topological polar surface area (TPSA) is 51.5 Å². The second-order valence-electron chi connectivity index (χ2n) is 4.37. The first-order chi connectivity index (χ1) is 9.94. The molecule has 2 rings (SSSR count). The fourth-order valence-corrected chi connectivity index (χ4v) is 1.57. The lowest BCUT2D eigenvalue weighted by Crippen LogP contribution is -2.34. The molecule has 0 atom stereocenters. The highest BCUT2D eigenvalue weighted by atomic mass is 19.3. The molecule has 21 heavy (non-hydrogen) atoms. The van der Waals surface area contributed by atoms with Gasteiger partial charge in [-0.2, -0.15) is 13.8 Å². The number of nitrogens with zero attached hydrogens (tertiary/aromatic N) is 3. The molecule has 0 aliphatic rings. The first kappa shape index (κ1) is 15.3. The molecule has 0 fully saturated rings. The highest BCUT2D eigenvalue weighted by Crippen LogP contribution is 2.25. The van der Waals surface area contributed by atoms with Gasteiger partial charge in [-0.1, -0.05) is 6.92 Å². The Morgan fingerprint density at radius 3 is 2.86 bits per heavy atom. The minimum atomic E-state index is -4.24. The van der Waals surface area contributed by atoms with E-state index in [2.05, 4.69) is 15.3 Å². The van der Waals surface area contributed by atoms with Crippen LogP contribution in [0.4, 0.5) is 23.4 Å². The summed E-state index contributed by atoms with van der Waals surface area (Å²) in [4.78, 5) is 7.88. The molecule has 0 radical (unpaired) electrons. The number of aromatic nitrogens is 3. The van der Waals surface area contributed by atoms with Crippen LogP contribution < -0.4 is 10.1 Å². The number of hydrogen-bond donors (Lipinski definition) is 1. The van der Waals surface area contributed by atoms with Gasteiger partial charge in [-0.3, -0.25) is 4.40 Å².